The van der Waals surface area contributed by atoms with Crippen LogP contribution in [0.4, 0.5) is 39.5 Å². The van der Waals surface area contributed by atoms with Crippen LogP contribution in [-0.4, -0.2) is 102 Å². The van der Waals surface area contributed by atoms with Crippen LogP contribution in [0, 0.1) is 65.2 Å². The second-order valence-electron chi connectivity index (χ2n) is 32.5. The number of hydrogen-bond acceptors (Lipinski definition) is 20. The summed E-state index contributed by atoms with van der Waals surface area (Å²) in [7, 11) is 0. The van der Waals surface area contributed by atoms with E-state index in [0.29, 0.717) is 118 Å². The molecule has 0 aliphatic rings. The molecule has 15 aromatic heterocycles. The fourth-order valence-corrected chi connectivity index (χ4v) is 19.0. The standard InChI is InChI=1S/C23H16FN3O2S.C22H16N4O2S.C21H16ClN3O2S.C21H16FN3O2S.C21H17N3O2S.CH4/c1-3-15-4-6-16(7-5-15)11-18-12-19(20-9-8-17(24)13-27(18)20)22(28)23(29)25-21-10-14(2)26-30-21;1-14-11-20(29-25-14)24-22(28)21(27)18-13-17(26-10-4-3-5-19(18)26)12-15-6-8-16(23-2)9-7-15;2*1-13-10-19(28-24-13)23-21(27)20(26)17-12-16(25-9-3-2-4-18(17)25)11-14-5-7-15(22)8-6-14;1-14-11-19(27-23-14)22-21(26)20(25)17-13-16(12-15-7-3-2-4-8-15)24-10-6-5-9-18(17)24;/h1,4-10,12-13H,11H2,2H3,(H,25,29);3-11,13H,12H2,1H3,(H,24,28);2*2-10,12H,11H2,1H3,(H,23,27);2-11,13H,12H2,1H3,(H,22,26);1H4. The lowest BCUT2D eigenvalue weighted by Gasteiger charge is -2.04. The van der Waals surface area contributed by atoms with E-state index in [-0.39, 0.29) is 18.8 Å². The maximum Gasteiger partial charge on any atom is 0.297 e. The Bertz CT molecular complexity index is 8110. The smallest absolute Gasteiger partial charge is 0.297 e. The minimum absolute atomic E-state index is 0. The molecule has 5 aromatic carbocycles. The summed E-state index contributed by atoms with van der Waals surface area (Å²) in [5.74, 6) is -4.66. The Morgan fingerprint density at radius 3 is 0.860 bits per heavy atom. The molecule has 0 bridgehead atoms. The third-order valence-corrected chi connectivity index (χ3v) is 26.4. The molecule has 20 rings (SSSR count). The van der Waals surface area contributed by atoms with E-state index in [1.807, 2.05) is 234 Å². The molecule has 0 atom stereocenters. The number of benzene rings is 5. The van der Waals surface area contributed by atoms with Crippen LogP contribution in [0.5, 0.6) is 0 Å². The van der Waals surface area contributed by atoms with E-state index in [0.717, 1.165) is 148 Å². The number of hydrogen-bond donors (Lipinski definition) is 5. The number of aryl methyl sites for hydroxylation is 5. The topological polar surface area (TPSA) is 322 Å². The molecule has 0 saturated heterocycles. The van der Waals surface area contributed by atoms with Crippen LogP contribution in [-0.2, 0) is 56.1 Å². The van der Waals surface area contributed by atoms with Crippen LogP contribution < -0.4 is 26.6 Å². The highest BCUT2D eigenvalue weighted by molar-refractivity contribution is 7.11. The number of nitrogens with zero attached hydrogens (tertiary/aromatic N) is 11. The lowest BCUT2D eigenvalue weighted by atomic mass is 10.1. The second kappa shape index (κ2) is 45.7. The van der Waals surface area contributed by atoms with Gasteiger partial charge in [0.1, 0.15) is 36.6 Å². The van der Waals surface area contributed by atoms with Crippen LogP contribution in [0.25, 0.3) is 32.4 Å². The Labute approximate surface area is 843 Å². The minimum Gasteiger partial charge on any atom is -0.320 e. The summed E-state index contributed by atoms with van der Waals surface area (Å²) in [6.45, 7) is 16.2. The zero-order valence-corrected chi connectivity index (χ0v) is 81.0. The fraction of sp³-hybridized carbons (Fsp3) is 0.101. The van der Waals surface area contributed by atoms with Gasteiger partial charge in [-0.15, -0.1) is 6.42 Å². The lowest BCUT2D eigenvalue weighted by molar-refractivity contribution is -0.113. The molecule has 0 unspecified atom stereocenters. The molecule has 712 valence electrons. The predicted octanol–water partition coefficient (Wildman–Crippen LogP) is 22.7. The number of carbonyl (C=O) groups is 10. The molecule has 34 heteroatoms. The summed E-state index contributed by atoms with van der Waals surface area (Å²) < 4.78 is 56.9. The van der Waals surface area contributed by atoms with Crippen LogP contribution in [0.15, 0.2) is 304 Å². The highest BCUT2D eigenvalue weighted by Crippen LogP contribution is 2.32. The Balaban J connectivity index is 0.000000134. The molecule has 20 aromatic rings. The van der Waals surface area contributed by atoms with Crippen molar-refractivity contribution in [2.75, 3.05) is 26.6 Å². The first-order valence-electron chi connectivity index (χ1n) is 43.8. The molecule has 0 aliphatic carbocycles. The van der Waals surface area contributed by atoms with Gasteiger partial charge in [0.2, 0.25) is 0 Å². The van der Waals surface area contributed by atoms with Crippen LogP contribution >= 0.6 is 69.3 Å². The van der Waals surface area contributed by atoms with Gasteiger partial charge >= 0.3 is 0 Å². The van der Waals surface area contributed by atoms with Crippen LogP contribution in [0.3, 0.4) is 0 Å². The van der Waals surface area contributed by atoms with Gasteiger partial charge in [-0.2, -0.15) is 21.9 Å². The zero-order valence-electron chi connectivity index (χ0n) is 76.2. The quantitative estimate of drug-likeness (QED) is 0.0154. The molecule has 0 radical (unpaired) electrons. The predicted molar refractivity (Wildman–Crippen MR) is 558 cm³/mol. The number of carbonyl (C=O) groups excluding carboxylic acids is 10. The SMILES string of the molecule is C.C#Cc1ccc(Cc2cc(C(=O)C(=O)Nc3cc(C)ns3)c3ccc(F)cn23)cc1.Cc1cc(NC(=O)C(=O)c2cc(Cc3ccc(Cl)cc3)n3ccccc23)sn1.Cc1cc(NC(=O)C(=O)c2cc(Cc3ccc(F)cc3)n3ccccc23)sn1.Cc1cc(NC(=O)C(=O)c2cc(Cc3ccccc3)n3ccccc23)sn1.[C-]#[N+]c1ccc(Cc2cc(C(=O)C(=O)Nc3cc(C)ns3)c3ccccn23)cc1. The number of halogens is 3. The van der Waals surface area contributed by atoms with Gasteiger partial charge in [0.05, 0.1) is 90.4 Å². The first-order valence-corrected chi connectivity index (χ1v) is 48.0. The van der Waals surface area contributed by atoms with Crippen molar-refractivity contribution in [1.82, 2.24) is 43.9 Å². The third-order valence-electron chi connectivity index (χ3n) is 22.2. The molecule has 5 amide bonds. The monoisotopic (exact) mass is 2010 g/mol. The van der Waals surface area contributed by atoms with Gasteiger partial charge in [0.25, 0.3) is 58.5 Å². The Morgan fingerprint density at radius 1 is 0.329 bits per heavy atom. The van der Waals surface area contributed by atoms with E-state index in [1.165, 1.54) is 30.5 Å². The van der Waals surface area contributed by atoms with Gasteiger partial charge in [-0.3, -0.25) is 47.9 Å². The lowest BCUT2D eigenvalue weighted by Crippen LogP contribution is -2.22. The maximum atomic E-state index is 13.9. The first-order chi connectivity index (χ1) is 68.6. The second-order valence-corrected chi connectivity index (χ2v) is 37.0. The average molecular weight is 2010 g/mol. The number of amides is 5. The number of nitrogens with one attached hydrogen (secondary N) is 5. The number of fused-ring (bicyclic) bond motifs is 5. The number of anilines is 5. The summed E-state index contributed by atoms with van der Waals surface area (Å²) >= 11 is 11.7. The molecule has 15 heterocycles. The van der Waals surface area contributed by atoms with Gasteiger partial charge in [0.15, 0.2) is 5.69 Å². The number of rotatable bonds is 25. The van der Waals surface area contributed by atoms with Gasteiger partial charge in [-0.1, -0.05) is 140 Å². The number of aromatic nitrogens is 10. The molecular formula is C109H85ClF2N16O10S5. The highest BCUT2D eigenvalue weighted by Gasteiger charge is 2.30. The van der Waals surface area contributed by atoms with Crippen molar-refractivity contribution in [2.45, 2.75) is 74.1 Å². The average Bonchev–Trinajstić information content (AvgIpc) is 1.64. The molecule has 5 N–H and O–H groups in total. The van der Waals surface area contributed by atoms with Gasteiger partial charge < -0.3 is 48.6 Å². The van der Waals surface area contributed by atoms with E-state index < -0.39 is 64.3 Å². The Kier molecular flexibility index (Phi) is 32.1. The molecule has 26 nitrogen and oxygen atoms in total. The molecule has 143 heavy (non-hydrogen) atoms. The van der Waals surface area contributed by atoms with E-state index in [2.05, 4.69) is 59.2 Å². The number of ketones is 5. The summed E-state index contributed by atoms with van der Waals surface area (Å²) in [5, 5.41) is 16.5. The molecular weight excluding hydrogens is 1930 g/mol. The van der Waals surface area contributed by atoms with Crippen molar-refractivity contribution >= 4 is 186 Å². The Hall–Kier alpha value is -17.1. The molecule has 0 fully saturated rings. The van der Waals surface area contributed by atoms with E-state index in [9.17, 15) is 56.7 Å². The van der Waals surface area contributed by atoms with E-state index in [4.69, 9.17) is 24.6 Å². The van der Waals surface area contributed by atoms with E-state index in [1.54, 1.807) is 96.3 Å². The van der Waals surface area contributed by atoms with E-state index >= 15 is 0 Å². The van der Waals surface area contributed by atoms with Crippen LogP contribution in [0.1, 0.15) is 150 Å². The molecule has 0 spiro atoms. The third kappa shape index (κ3) is 24.6. The molecule has 0 saturated carbocycles. The van der Waals surface area contributed by atoms with Gasteiger partial charge in [0, 0.05) is 102 Å². The van der Waals surface area contributed by atoms with Gasteiger partial charge in [-0.25, -0.2) is 13.6 Å². The number of terminal acetylenes is 1. The maximum absolute atomic E-state index is 13.9. The number of pyridine rings is 5. The van der Waals surface area contributed by atoms with Crippen molar-refractivity contribution in [1.29, 1.82) is 0 Å². The zero-order chi connectivity index (χ0) is 99.8. The summed E-state index contributed by atoms with van der Waals surface area (Å²) in [6, 6.07) is 80.9. The number of Topliss-reactive ketones (excluding diaryl/α,β-unsaturated/α-hetero) is 5. The normalized spacial score (nSPS) is 10.7. The van der Waals surface area contributed by atoms with Crippen molar-refractivity contribution in [2.24, 2.45) is 0 Å². The summed E-state index contributed by atoms with van der Waals surface area (Å²) in [4.78, 5) is 130. The fourth-order valence-electron chi connectivity index (χ4n) is 15.5. The largest absolute Gasteiger partial charge is 0.320 e. The minimum atomic E-state index is -0.764. The first kappa shape index (κ1) is 100. The Morgan fingerprint density at radius 2 is 0.580 bits per heavy atom. The highest BCUT2D eigenvalue weighted by atomic mass is 35.5. The summed E-state index contributed by atoms with van der Waals surface area (Å²) in [6.07, 6.45) is 17.0. The van der Waals surface area contributed by atoms with Gasteiger partial charge in [-0.05, 0) is 278 Å². The van der Waals surface area contributed by atoms with Crippen molar-refractivity contribution in [3.63, 3.8) is 0 Å². The van der Waals surface area contributed by atoms with Crippen molar-refractivity contribution in [3.8, 4) is 12.3 Å². The van der Waals surface area contributed by atoms with Crippen molar-refractivity contribution < 1.29 is 56.7 Å². The molecule has 0 aliphatic heterocycles. The summed E-state index contributed by atoms with van der Waals surface area (Å²) in [5.41, 5.74) is 19.6. The van der Waals surface area contributed by atoms with Crippen LogP contribution in [0.2, 0.25) is 5.02 Å². The van der Waals surface area contributed by atoms with Crippen molar-refractivity contribution in [3.05, 3.63) is 450 Å².